The Bertz CT molecular complexity index is 490. The SMILES string of the molecule is Cn1[c]nc2cc(SC(F)(F)F)ccc21. The summed E-state index contributed by atoms with van der Waals surface area (Å²) >= 11 is -0.138. The van der Waals surface area contributed by atoms with Crippen LogP contribution in [-0.4, -0.2) is 15.1 Å². The van der Waals surface area contributed by atoms with Crippen molar-refractivity contribution in [3.05, 3.63) is 24.5 Å². The molecule has 6 heteroatoms. The Morgan fingerprint density at radius 2 is 2.13 bits per heavy atom. The Balaban J connectivity index is 2.39. The molecule has 79 valence electrons. The molecule has 0 atom stereocenters. The molecule has 0 aliphatic carbocycles. The van der Waals surface area contributed by atoms with Gasteiger partial charge in [-0.2, -0.15) is 13.2 Å². The van der Waals surface area contributed by atoms with Crippen molar-refractivity contribution in [1.82, 2.24) is 9.55 Å². The van der Waals surface area contributed by atoms with Gasteiger partial charge in [0.1, 0.15) is 0 Å². The van der Waals surface area contributed by atoms with E-state index in [2.05, 4.69) is 11.3 Å². The molecule has 1 aromatic carbocycles. The summed E-state index contributed by atoms with van der Waals surface area (Å²) in [6.45, 7) is 0. The summed E-state index contributed by atoms with van der Waals surface area (Å²) in [5.74, 6) is 0. The third-order valence-corrected chi connectivity index (χ3v) is 2.58. The van der Waals surface area contributed by atoms with Crippen molar-refractivity contribution in [3.8, 4) is 0 Å². The van der Waals surface area contributed by atoms with E-state index >= 15 is 0 Å². The maximum Gasteiger partial charge on any atom is 0.446 e. The van der Waals surface area contributed by atoms with Crippen LogP contribution in [0.5, 0.6) is 0 Å². The van der Waals surface area contributed by atoms with Gasteiger partial charge in [-0.25, -0.2) is 4.98 Å². The molecule has 15 heavy (non-hydrogen) atoms. The van der Waals surface area contributed by atoms with E-state index < -0.39 is 5.51 Å². The molecule has 2 rings (SSSR count). The summed E-state index contributed by atoms with van der Waals surface area (Å²) in [6.07, 6.45) is 2.64. The van der Waals surface area contributed by atoms with E-state index in [9.17, 15) is 13.2 Å². The molecule has 2 aromatic rings. The minimum absolute atomic E-state index is 0.138. The molecule has 2 nitrogen and oxygen atoms in total. The average Bonchev–Trinajstić information content (AvgIpc) is 2.45. The number of hydrogen-bond acceptors (Lipinski definition) is 2. The van der Waals surface area contributed by atoms with Gasteiger partial charge in [0.05, 0.1) is 11.0 Å². The predicted molar refractivity (Wildman–Crippen MR) is 51.5 cm³/mol. The lowest BCUT2D eigenvalue weighted by molar-refractivity contribution is -0.0328. The van der Waals surface area contributed by atoms with Gasteiger partial charge >= 0.3 is 5.51 Å². The molecule has 0 amide bonds. The standard InChI is InChI=1S/C9H6F3N2S/c1-14-5-13-7-4-6(2-3-8(7)14)15-9(10,11)12/h2-4H,1H3. The number of rotatable bonds is 1. The van der Waals surface area contributed by atoms with Crippen molar-refractivity contribution in [1.29, 1.82) is 0 Å². The summed E-state index contributed by atoms with van der Waals surface area (Å²) in [5.41, 5.74) is -2.97. The van der Waals surface area contributed by atoms with Gasteiger partial charge in [-0.05, 0) is 30.0 Å². The van der Waals surface area contributed by atoms with Gasteiger partial charge in [0.25, 0.3) is 0 Å². The highest BCUT2D eigenvalue weighted by Crippen LogP contribution is 2.37. The van der Waals surface area contributed by atoms with Crippen LogP contribution in [0.2, 0.25) is 0 Å². The Hall–Kier alpha value is -1.17. The largest absolute Gasteiger partial charge is 0.446 e. The number of nitrogens with zero attached hydrogens (tertiary/aromatic N) is 2. The van der Waals surface area contributed by atoms with Gasteiger partial charge in [-0.1, -0.05) is 0 Å². The van der Waals surface area contributed by atoms with Crippen LogP contribution in [-0.2, 0) is 7.05 Å². The van der Waals surface area contributed by atoms with E-state index in [1.165, 1.54) is 12.1 Å². The summed E-state index contributed by atoms with van der Waals surface area (Å²) in [7, 11) is 1.74. The molecule has 0 N–H and O–H groups in total. The first kappa shape index (κ1) is 10.4. The van der Waals surface area contributed by atoms with E-state index in [4.69, 9.17) is 0 Å². The lowest BCUT2D eigenvalue weighted by atomic mass is 10.3. The van der Waals surface area contributed by atoms with Crippen LogP contribution in [0.15, 0.2) is 23.1 Å². The number of aryl methyl sites for hydroxylation is 1. The number of imidazole rings is 1. The van der Waals surface area contributed by atoms with Crippen molar-refractivity contribution in [2.24, 2.45) is 7.05 Å². The lowest BCUT2D eigenvalue weighted by Crippen LogP contribution is -1.98. The van der Waals surface area contributed by atoms with Crippen LogP contribution in [0.4, 0.5) is 13.2 Å². The van der Waals surface area contributed by atoms with Gasteiger partial charge in [0.2, 0.25) is 0 Å². The van der Waals surface area contributed by atoms with Crippen molar-refractivity contribution in [2.75, 3.05) is 0 Å². The molecular weight excluding hydrogens is 225 g/mol. The molecule has 0 aliphatic rings. The van der Waals surface area contributed by atoms with E-state index in [1.807, 2.05) is 0 Å². The minimum Gasteiger partial charge on any atom is -0.324 e. The fourth-order valence-electron chi connectivity index (χ4n) is 1.26. The second-order valence-electron chi connectivity index (χ2n) is 2.97. The van der Waals surface area contributed by atoms with Crippen molar-refractivity contribution < 1.29 is 13.2 Å². The Morgan fingerprint density at radius 1 is 1.40 bits per heavy atom. The van der Waals surface area contributed by atoms with E-state index in [1.54, 1.807) is 17.7 Å². The number of aromatic nitrogens is 2. The third-order valence-electron chi connectivity index (χ3n) is 1.86. The highest BCUT2D eigenvalue weighted by molar-refractivity contribution is 8.00. The predicted octanol–water partition coefficient (Wildman–Crippen LogP) is 2.99. The highest BCUT2D eigenvalue weighted by atomic mass is 32.2. The molecule has 0 saturated heterocycles. The third kappa shape index (κ3) is 2.26. The Morgan fingerprint density at radius 3 is 2.80 bits per heavy atom. The first-order valence-electron chi connectivity index (χ1n) is 4.05. The second-order valence-corrected chi connectivity index (χ2v) is 4.11. The molecule has 0 saturated carbocycles. The zero-order valence-electron chi connectivity index (χ0n) is 7.67. The molecular formula is C9H6F3N2S. The normalized spacial score (nSPS) is 12.3. The number of alkyl halides is 3. The molecule has 0 spiro atoms. The van der Waals surface area contributed by atoms with Crippen molar-refractivity contribution >= 4 is 22.8 Å². The Labute approximate surface area is 88.1 Å². The Kier molecular flexibility index (Phi) is 2.38. The zero-order valence-corrected chi connectivity index (χ0v) is 8.49. The molecule has 1 aromatic heterocycles. The maximum atomic E-state index is 12.1. The van der Waals surface area contributed by atoms with Crippen molar-refractivity contribution in [2.45, 2.75) is 10.4 Å². The van der Waals surface area contributed by atoms with E-state index in [0.717, 1.165) is 5.52 Å². The number of fused-ring (bicyclic) bond motifs is 1. The minimum atomic E-state index is -4.26. The van der Waals surface area contributed by atoms with Gasteiger partial charge in [0, 0.05) is 11.9 Å². The molecule has 0 unspecified atom stereocenters. The number of halogens is 3. The smallest absolute Gasteiger partial charge is 0.324 e. The fourth-order valence-corrected chi connectivity index (χ4v) is 1.83. The quantitative estimate of drug-likeness (QED) is 0.702. The van der Waals surface area contributed by atoms with Crippen LogP contribution in [0.3, 0.4) is 0 Å². The van der Waals surface area contributed by atoms with Crippen LogP contribution < -0.4 is 0 Å². The maximum absolute atomic E-state index is 12.1. The van der Waals surface area contributed by atoms with Crippen LogP contribution >= 0.6 is 11.8 Å². The highest BCUT2D eigenvalue weighted by Gasteiger charge is 2.29. The van der Waals surface area contributed by atoms with Crippen LogP contribution in [0.1, 0.15) is 0 Å². The van der Waals surface area contributed by atoms with Crippen molar-refractivity contribution in [3.63, 3.8) is 0 Å². The van der Waals surface area contributed by atoms with Gasteiger partial charge < -0.3 is 4.57 Å². The van der Waals surface area contributed by atoms with Gasteiger partial charge in [-0.3, -0.25) is 0 Å². The van der Waals surface area contributed by atoms with Gasteiger partial charge in [-0.15, -0.1) is 0 Å². The number of thioether (sulfide) groups is 1. The summed E-state index contributed by atoms with van der Waals surface area (Å²) in [5, 5.41) is 0. The topological polar surface area (TPSA) is 17.8 Å². The van der Waals surface area contributed by atoms with Gasteiger partial charge in [0.15, 0.2) is 6.33 Å². The molecule has 0 fully saturated rings. The molecule has 1 heterocycles. The number of benzene rings is 1. The summed E-state index contributed by atoms with van der Waals surface area (Å²) in [6, 6.07) is 4.44. The molecule has 1 radical (unpaired) electrons. The van der Waals surface area contributed by atoms with Crippen LogP contribution in [0, 0.1) is 6.33 Å². The molecule has 0 bridgehead atoms. The number of hydrogen-bond donors (Lipinski definition) is 0. The van der Waals surface area contributed by atoms with Crippen LogP contribution in [0.25, 0.3) is 11.0 Å². The average molecular weight is 231 g/mol. The van der Waals surface area contributed by atoms with E-state index in [-0.39, 0.29) is 16.7 Å². The second kappa shape index (κ2) is 3.44. The molecule has 0 aliphatic heterocycles. The fraction of sp³-hybridized carbons (Fsp3) is 0.222. The monoisotopic (exact) mass is 231 g/mol. The summed E-state index contributed by atoms with van der Waals surface area (Å²) in [4.78, 5) is 4.01. The zero-order chi connectivity index (χ0) is 11.1. The first-order valence-corrected chi connectivity index (χ1v) is 4.87. The summed E-state index contributed by atoms with van der Waals surface area (Å²) < 4.78 is 37.9. The first-order chi connectivity index (χ1) is 6.96. The van der Waals surface area contributed by atoms with E-state index in [0.29, 0.717) is 5.52 Å². The lowest BCUT2D eigenvalue weighted by Gasteiger charge is -2.04.